The highest BCUT2D eigenvalue weighted by atomic mass is 16.3. The van der Waals surface area contributed by atoms with E-state index < -0.39 is 5.60 Å². The highest BCUT2D eigenvalue weighted by Gasteiger charge is 2.34. The van der Waals surface area contributed by atoms with Crippen molar-refractivity contribution < 1.29 is 5.11 Å². The Hall–Kier alpha value is -1.69. The first-order valence-corrected chi connectivity index (χ1v) is 5.77. The molecule has 6 heteroatoms. The predicted octanol–water partition coefficient (Wildman–Crippen LogP) is 0.690. The Kier molecular flexibility index (Phi) is 2.25. The van der Waals surface area contributed by atoms with Crippen LogP contribution in [0.15, 0.2) is 12.5 Å². The van der Waals surface area contributed by atoms with Gasteiger partial charge < -0.3 is 10.4 Å². The summed E-state index contributed by atoms with van der Waals surface area (Å²) in [5.74, 6) is 0.739. The Bertz CT molecular complexity index is 546. The number of aryl methyl sites for hydroxylation is 1. The topological polar surface area (TPSA) is 75.9 Å². The fraction of sp³-hybridized carbons (Fsp3) is 0.545. The van der Waals surface area contributed by atoms with Gasteiger partial charge in [-0.1, -0.05) is 0 Å². The van der Waals surface area contributed by atoms with Crippen molar-refractivity contribution in [2.24, 2.45) is 7.05 Å². The van der Waals surface area contributed by atoms with Gasteiger partial charge in [-0.25, -0.2) is 9.97 Å². The molecule has 0 bridgehead atoms. The van der Waals surface area contributed by atoms with Gasteiger partial charge >= 0.3 is 0 Å². The van der Waals surface area contributed by atoms with E-state index in [0.717, 1.165) is 36.1 Å². The minimum absolute atomic E-state index is 0.536. The summed E-state index contributed by atoms with van der Waals surface area (Å²) in [6.07, 6.45) is 6.08. The zero-order valence-electron chi connectivity index (χ0n) is 9.72. The van der Waals surface area contributed by atoms with Crippen LogP contribution in [0.25, 0.3) is 11.0 Å². The maximum atomic E-state index is 10.0. The van der Waals surface area contributed by atoms with Crippen molar-refractivity contribution in [3.05, 3.63) is 12.5 Å². The third-order valence-electron chi connectivity index (χ3n) is 3.40. The summed E-state index contributed by atoms with van der Waals surface area (Å²) in [6, 6.07) is 0. The van der Waals surface area contributed by atoms with Gasteiger partial charge in [0.15, 0.2) is 5.65 Å². The van der Waals surface area contributed by atoms with E-state index in [-0.39, 0.29) is 0 Å². The molecule has 2 heterocycles. The average Bonchev–Trinajstić information content (AvgIpc) is 2.67. The SMILES string of the molecule is Cn1ncc2c(NCC3(O)CCC3)ncnc21. The monoisotopic (exact) mass is 233 g/mol. The summed E-state index contributed by atoms with van der Waals surface area (Å²) in [6.45, 7) is 0.536. The maximum Gasteiger partial charge on any atom is 0.163 e. The van der Waals surface area contributed by atoms with E-state index in [1.165, 1.54) is 6.33 Å². The minimum Gasteiger partial charge on any atom is -0.388 e. The largest absolute Gasteiger partial charge is 0.388 e. The van der Waals surface area contributed by atoms with Crippen molar-refractivity contribution in [2.75, 3.05) is 11.9 Å². The first kappa shape index (κ1) is 10.5. The Balaban J connectivity index is 1.85. The number of nitrogens with one attached hydrogen (secondary N) is 1. The second-order valence-corrected chi connectivity index (χ2v) is 4.66. The lowest BCUT2D eigenvalue weighted by Crippen LogP contribution is -2.43. The zero-order valence-corrected chi connectivity index (χ0v) is 9.72. The molecule has 0 amide bonds. The molecular weight excluding hydrogens is 218 g/mol. The van der Waals surface area contributed by atoms with Crippen LogP contribution in [0.3, 0.4) is 0 Å². The van der Waals surface area contributed by atoms with Crippen LogP contribution in [0.1, 0.15) is 19.3 Å². The summed E-state index contributed by atoms with van der Waals surface area (Å²) >= 11 is 0. The van der Waals surface area contributed by atoms with E-state index in [4.69, 9.17) is 0 Å². The normalized spacial score (nSPS) is 18.0. The van der Waals surface area contributed by atoms with Crippen LogP contribution in [0, 0.1) is 0 Å². The summed E-state index contributed by atoms with van der Waals surface area (Å²) in [7, 11) is 1.85. The molecule has 0 radical (unpaired) electrons. The number of fused-ring (bicyclic) bond motifs is 1. The molecule has 2 aromatic heterocycles. The first-order valence-electron chi connectivity index (χ1n) is 5.77. The fourth-order valence-corrected chi connectivity index (χ4v) is 2.11. The van der Waals surface area contributed by atoms with Gasteiger partial charge in [-0.3, -0.25) is 4.68 Å². The van der Waals surface area contributed by atoms with Gasteiger partial charge in [0.25, 0.3) is 0 Å². The Labute approximate surface area is 98.7 Å². The Morgan fingerprint density at radius 2 is 2.29 bits per heavy atom. The molecule has 3 rings (SSSR count). The quantitative estimate of drug-likeness (QED) is 0.815. The highest BCUT2D eigenvalue weighted by molar-refractivity contribution is 5.85. The lowest BCUT2D eigenvalue weighted by molar-refractivity contribution is -0.0202. The van der Waals surface area contributed by atoms with E-state index in [2.05, 4.69) is 20.4 Å². The predicted molar refractivity (Wildman–Crippen MR) is 63.6 cm³/mol. The molecule has 1 aliphatic rings. The number of hydrogen-bond donors (Lipinski definition) is 2. The molecule has 2 aromatic rings. The van der Waals surface area contributed by atoms with Gasteiger partial charge in [-0.05, 0) is 19.3 Å². The van der Waals surface area contributed by atoms with Gasteiger partial charge in [-0.2, -0.15) is 5.10 Å². The third kappa shape index (κ3) is 1.74. The van der Waals surface area contributed by atoms with Gasteiger partial charge in [0, 0.05) is 13.6 Å². The molecular formula is C11H15N5O. The Morgan fingerprint density at radius 3 is 3.00 bits per heavy atom. The Morgan fingerprint density at radius 1 is 1.47 bits per heavy atom. The standard InChI is InChI=1S/C11H15N5O/c1-16-10-8(5-15-16)9(13-7-14-10)12-6-11(17)3-2-4-11/h5,7,17H,2-4,6H2,1H3,(H,12,13,14). The van der Waals surface area contributed by atoms with E-state index >= 15 is 0 Å². The number of aromatic nitrogens is 4. The van der Waals surface area contributed by atoms with E-state index in [0.29, 0.717) is 6.54 Å². The minimum atomic E-state index is -0.556. The van der Waals surface area contributed by atoms with Crippen molar-refractivity contribution in [3.8, 4) is 0 Å². The molecule has 90 valence electrons. The maximum absolute atomic E-state index is 10.0. The van der Waals surface area contributed by atoms with Crippen molar-refractivity contribution in [1.29, 1.82) is 0 Å². The molecule has 6 nitrogen and oxygen atoms in total. The van der Waals surface area contributed by atoms with Crippen LogP contribution in [-0.4, -0.2) is 37.0 Å². The molecule has 0 atom stereocenters. The molecule has 1 aliphatic carbocycles. The van der Waals surface area contributed by atoms with Crippen molar-refractivity contribution in [2.45, 2.75) is 24.9 Å². The molecule has 1 saturated carbocycles. The van der Waals surface area contributed by atoms with Crippen molar-refractivity contribution >= 4 is 16.9 Å². The molecule has 2 N–H and O–H groups in total. The van der Waals surface area contributed by atoms with Crippen LogP contribution in [0.4, 0.5) is 5.82 Å². The van der Waals surface area contributed by atoms with E-state index in [9.17, 15) is 5.11 Å². The van der Waals surface area contributed by atoms with Crippen LogP contribution < -0.4 is 5.32 Å². The van der Waals surface area contributed by atoms with Gasteiger partial charge in [-0.15, -0.1) is 0 Å². The van der Waals surface area contributed by atoms with Gasteiger partial charge in [0.1, 0.15) is 12.1 Å². The summed E-state index contributed by atoms with van der Waals surface area (Å²) < 4.78 is 1.71. The molecule has 0 spiro atoms. The lowest BCUT2D eigenvalue weighted by atomic mass is 9.80. The number of rotatable bonds is 3. The van der Waals surface area contributed by atoms with E-state index in [1.54, 1.807) is 10.9 Å². The van der Waals surface area contributed by atoms with Gasteiger partial charge in [0.05, 0.1) is 17.2 Å². The van der Waals surface area contributed by atoms with E-state index in [1.807, 2.05) is 7.05 Å². The van der Waals surface area contributed by atoms with Crippen LogP contribution >= 0.6 is 0 Å². The van der Waals surface area contributed by atoms with Gasteiger partial charge in [0.2, 0.25) is 0 Å². The zero-order chi connectivity index (χ0) is 11.9. The number of hydrogen-bond acceptors (Lipinski definition) is 5. The molecule has 0 unspecified atom stereocenters. The van der Waals surface area contributed by atoms with Crippen molar-refractivity contribution in [1.82, 2.24) is 19.7 Å². The summed E-state index contributed by atoms with van der Waals surface area (Å²) in [4.78, 5) is 8.36. The molecule has 17 heavy (non-hydrogen) atoms. The number of anilines is 1. The molecule has 0 aliphatic heterocycles. The molecule has 0 aromatic carbocycles. The molecule has 1 fully saturated rings. The number of nitrogens with zero attached hydrogens (tertiary/aromatic N) is 4. The second kappa shape index (κ2) is 3.66. The summed E-state index contributed by atoms with van der Waals surface area (Å²) in [5, 5.41) is 18.2. The fourth-order valence-electron chi connectivity index (χ4n) is 2.11. The number of aliphatic hydroxyl groups is 1. The van der Waals surface area contributed by atoms with Crippen LogP contribution in [-0.2, 0) is 7.05 Å². The van der Waals surface area contributed by atoms with Crippen LogP contribution in [0.2, 0.25) is 0 Å². The van der Waals surface area contributed by atoms with Crippen LogP contribution in [0.5, 0.6) is 0 Å². The molecule has 0 saturated heterocycles. The first-order chi connectivity index (χ1) is 8.18. The average molecular weight is 233 g/mol. The van der Waals surface area contributed by atoms with Crippen molar-refractivity contribution in [3.63, 3.8) is 0 Å². The smallest absolute Gasteiger partial charge is 0.163 e. The lowest BCUT2D eigenvalue weighted by Gasteiger charge is -2.36. The second-order valence-electron chi connectivity index (χ2n) is 4.66. The highest BCUT2D eigenvalue weighted by Crippen LogP contribution is 2.31. The summed E-state index contributed by atoms with van der Waals surface area (Å²) in [5.41, 5.74) is 0.238. The third-order valence-corrected chi connectivity index (χ3v) is 3.40.